The van der Waals surface area contributed by atoms with E-state index in [9.17, 15) is 4.39 Å². The zero-order chi connectivity index (χ0) is 14.7. The molecule has 1 aromatic carbocycles. The lowest BCUT2D eigenvalue weighted by molar-refractivity contribution is 0.0671. The molecule has 4 atom stereocenters. The number of hydrogen-bond donors (Lipinski definition) is 1. The van der Waals surface area contributed by atoms with Crippen LogP contribution < -0.4 is 5.73 Å². The number of nitrogens with two attached hydrogens (primary N) is 1. The second-order valence-electron chi connectivity index (χ2n) is 6.29. The maximum Gasteiger partial charge on any atom is 0.123 e. The Morgan fingerprint density at radius 2 is 2.15 bits per heavy atom. The number of halogens is 1. The largest absolute Gasteiger partial charge is 0.326 e. The average Bonchev–Trinajstić information content (AvgIpc) is 2.41. The summed E-state index contributed by atoms with van der Waals surface area (Å²) < 4.78 is 13.6. The van der Waals surface area contributed by atoms with E-state index in [-0.39, 0.29) is 17.9 Å². The molecule has 3 heteroatoms. The normalized spacial score (nSPS) is 27.2. The maximum atomic E-state index is 13.6. The SMILES string of the molecule is CCC(N)C(c1cccc(F)c1)N1CCC(C)CC1C. The topological polar surface area (TPSA) is 29.3 Å². The highest BCUT2D eigenvalue weighted by Gasteiger charge is 2.32. The van der Waals surface area contributed by atoms with E-state index in [0.29, 0.717) is 6.04 Å². The number of hydrogen-bond acceptors (Lipinski definition) is 2. The molecule has 0 aliphatic carbocycles. The molecule has 2 nitrogen and oxygen atoms in total. The summed E-state index contributed by atoms with van der Waals surface area (Å²) in [5.74, 6) is 0.598. The molecule has 112 valence electrons. The second kappa shape index (κ2) is 6.68. The van der Waals surface area contributed by atoms with Crippen molar-refractivity contribution in [1.29, 1.82) is 0 Å². The predicted octanol–water partition coefficient (Wildman–Crippen LogP) is 3.72. The molecule has 0 spiro atoms. The third kappa shape index (κ3) is 3.39. The fraction of sp³-hybridized carbons (Fsp3) is 0.647. The van der Waals surface area contributed by atoms with Gasteiger partial charge in [-0.25, -0.2) is 4.39 Å². The fourth-order valence-electron chi connectivity index (χ4n) is 3.44. The maximum absolute atomic E-state index is 13.6. The van der Waals surface area contributed by atoms with Crippen LogP contribution in [0.3, 0.4) is 0 Å². The third-order valence-electron chi connectivity index (χ3n) is 4.61. The molecule has 0 aromatic heterocycles. The van der Waals surface area contributed by atoms with Gasteiger partial charge in [0, 0.05) is 12.1 Å². The standard InChI is InChI=1S/C17H27FN2/c1-4-16(19)17(14-6-5-7-15(18)11-14)20-9-8-12(2)10-13(20)3/h5-7,11-13,16-17H,4,8-10,19H2,1-3H3. The summed E-state index contributed by atoms with van der Waals surface area (Å²) in [6.45, 7) is 7.74. The molecule has 0 radical (unpaired) electrons. The molecule has 1 aromatic rings. The lowest BCUT2D eigenvalue weighted by atomic mass is 9.88. The average molecular weight is 278 g/mol. The summed E-state index contributed by atoms with van der Waals surface area (Å²) in [6, 6.07) is 7.62. The molecule has 1 aliphatic rings. The van der Waals surface area contributed by atoms with Crippen LogP contribution in [0.2, 0.25) is 0 Å². The van der Waals surface area contributed by atoms with E-state index in [4.69, 9.17) is 5.73 Å². The molecule has 1 saturated heterocycles. The summed E-state index contributed by atoms with van der Waals surface area (Å²) in [6.07, 6.45) is 3.30. The number of likely N-dealkylation sites (tertiary alicyclic amines) is 1. The van der Waals surface area contributed by atoms with Gasteiger partial charge in [-0.05, 0) is 56.3 Å². The van der Waals surface area contributed by atoms with Gasteiger partial charge in [0.2, 0.25) is 0 Å². The lowest BCUT2D eigenvalue weighted by Crippen LogP contribution is -2.48. The summed E-state index contributed by atoms with van der Waals surface area (Å²) in [7, 11) is 0. The molecule has 0 amide bonds. The van der Waals surface area contributed by atoms with Crippen molar-refractivity contribution in [2.24, 2.45) is 11.7 Å². The molecule has 20 heavy (non-hydrogen) atoms. The highest BCUT2D eigenvalue weighted by molar-refractivity contribution is 5.22. The first-order valence-corrected chi connectivity index (χ1v) is 7.79. The van der Waals surface area contributed by atoms with Gasteiger partial charge in [-0.15, -0.1) is 0 Å². The Morgan fingerprint density at radius 3 is 2.75 bits per heavy atom. The van der Waals surface area contributed by atoms with Crippen LogP contribution in [0.25, 0.3) is 0 Å². The van der Waals surface area contributed by atoms with Crippen LogP contribution in [0.4, 0.5) is 4.39 Å². The van der Waals surface area contributed by atoms with Crippen molar-refractivity contribution in [2.75, 3.05) is 6.54 Å². The van der Waals surface area contributed by atoms with E-state index in [1.807, 2.05) is 6.07 Å². The summed E-state index contributed by atoms with van der Waals surface area (Å²) in [5, 5.41) is 0. The van der Waals surface area contributed by atoms with E-state index in [1.165, 1.54) is 18.9 Å². The van der Waals surface area contributed by atoms with Gasteiger partial charge in [0.1, 0.15) is 5.82 Å². The molecule has 1 aliphatic heterocycles. The first-order chi connectivity index (χ1) is 9.52. The third-order valence-corrected chi connectivity index (χ3v) is 4.61. The first-order valence-electron chi connectivity index (χ1n) is 7.79. The monoisotopic (exact) mass is 278 g/mol. The van der Waals surface area contributed by atoms with Crippen molar-refractivity contribution in [3.05, 3.63) is 35.6 Å². The number of nitrogens with zero attached hydrogens (tertiary/aromatic N) is 1. The van der Waals surface area contributed by atoms with Crippen LogP contribution >= 0.6 is 0 Å². The molecule has 1 fully saturated rings. The van der Waals surface area contributed by atoms with Gasteiger partial charge in [0.15, 0.2) is 0 Å². The van der Waals surface area contributed by atoms with E-state index < -0.39 is 0 Å². The van der Waals surface area contributed by atoms with Gasteiger partial charge in [-0.2, -0.15) is 0 Å². The van der Waals surface area contributed by atoms with Crippen molar-refractivity contribution in [3.63, 3.8) is 0 Å². The Labute approximate surface area is 122 Å². The summed E-state index contributed by atoms with van der Waals surface area (Å²) in [5.41, 5.74) is 7.38. The van der Waals surface area contributed by atoms with Crippen LogP contribution in [-0.2, 0) is 0 Å². The Kier molecular flexibility index (Phi) is 5.17. The van der Waals surface area contributed by atoms with Gasteiger partial charge in [-0.3, -0.25) is 4.90 Å². The van der Waals surface area contributed by atoms with Gasteiger partial charge < -0.3 is 5.73 Å². The predicted molar refractivity (Wildman–Crippen MR) is 82.0 cm³/mol. The molecule has 1 heterocycles. The van der Waals surface area contributed by atoms with E-state index in [1.54, 1.807) is 12.1 Å². The van der Waals surface area contributed by atoms with Gasteiger partial charge in [0.25, 0.3) is 0 Å². The minimum absolute atomic E-state index is 0.0488. The van der Waals surface area contributed by atoms with E-state index >= 15 is 0 Å². The molecule has 0 saturated carbocycles. The number of rotatable bonds is 4. The highest BCUT2D eigenvalue weighted by atomic mass is 19.1. The van der Waals surface area contributed by atoms with Crippen LogP contribution in [0, 0.1) is 11.7 Å². The number of piperidine rings is 1. The van der Waals surface area contributed by atoms with Crippen molar-refractivity contribution >= 4 is 0 Å². The molecule has 2 rings (SSSR count). The molecular weight excluding hydrogens is 251 g/mol. The van der Waals surface area contributed by atoms with Crippen molar-refractivity contribution in [2.45, 2.75) is 58.2 Å². The van der Waals surface area contributed by atoms with Gasteiger partial charge in [0.05, 0.1) is 6.04 Å². The summed E-state index contributed by atoms with van der Waals surface area (Å²) >= 11 is 0. The minimum atomic E-state index is -0.172. The Bertz CT molecular complexity index is 435. The zero-order valence-electron chi connectivity index (χ0n) is 12.8. The highest BCUT2D eigenvalue weighted by Crippen LogP contribution is 2.33. The number of benzene rings is 1. The molecule has 0 bridgehead atoms. The molecular formula is C17H27FN2. The first kappa shape index (κ1) is 15.5. The van der Waals surface area contributed by atoms with Crippen LogP contribution in [-0.4, -0.2) is 23.5 Å². The minimum Gasteiger partial charge on any atom is -0.326 e. The zero-order valence-corrected chi connectivity index (χ0v) is 12.8. The Morgan fingerprint density at radius 1 is 1.40 bits per heavy atom. The van der Waals surface area contributed by atoms with E-state index in [2.05, 4.69) is 25.7 Å². The Balaban J connectivity index is 2.28. The van der Waals surface area contributed by atoms with Crippen LogP contribution in [0.1, 0.15) is 51.6 Å². The van der Waals surface area contributed by atoms with Crippen molar-refractivity contribution < 1.29 is 4.39 Å². The lowest BCUT2D eigenvalue weighted by Gasteiger charge is -2.44. The van der Waals surface area contributed by atoms with Gasteiger partial charge in [-0.1, -0.05) is 26.0 Å². The van der Waals surface area contributed by atoms with Gasteiger partial charge >= 0.3 is 0 Å². The van der Waals surface area contributed by atoms with Crippen molar-refractivity contribution in [1.82, 2.24) is 4.90 Å². The quantitative estimate of drug-likeness (QED) is 0.909. The smallest absolute Gasteiger partial charge is 0.123 e. The fourth-order valence-corrected chi connectivity index (χ4v) is 3.44. The molecule has 2 N–H and O–H groups in total. The Hall–Kier alpha value is -0.930. The molecule has 4 unspecified atom stereocenters. The van der Waals surface area contributed by atoms with E-state index in [0.717, 1.165) is 24.4 Å². The van der Waals surface area contributed by atoms with Crippen LogP contribution in [0.5, 0.6) is 0 Å². The van der Waals surface area contributed by atoms with Crippen molar-refractivity contribution in [3.8, 4) is 0 Å². The van der Waals surface area contributed by atoms with Crippen LogP contribution in [0.15, 0.2) is 24.3 Å². The summed E-state index contributed by atoms with van der Waals surface area (Å²) in [4.78, 5) is 2.48. The second-order valence-corrected chi connectivity index (χ2v) is 6.29.